The van der Waals surface area contributed by atoms with Crippen molar-refractivity contribution >= 4 is 23.9 Å². The summed E-state index contributed by atoms with van der Waals surface area (Å²) in [5.74, 6) is -2.14. The number of benzene rings is 1. The van der Waals surface area contributed by atoms with Crippen LogP contribution in [0.5, 0.6) is 11.6 Å². The van der Waals surface area contributed by atoms with Crippen LogP contribution in [-0.4, -0.2) is 84.5 Å². The number of carbonyl (C=O) groups is 4. The molecular formula is C30H39N5O11. The number of aromatic nitrogens is 2. The lowest BCUT2D eigenvalue weighted by atomic mass is 9.96. The summed E-state index contributed by atoms with van der Waals surface area (Å²) in [6.07, 6.45) is -6.34. The highest BCUT2D eigenvalue weighted by Crippen LogP contribution is 2.34. The fraction of sp³-hybridized carbons (Fsp3) is 0.567. The molecule has 2 heterocycles. The van der Waals surface area contributed by atoms with Crippen LogP contribution in [0, 0.1) is 6.92 Å². The van der Waals surface area contributed by atoms with Crippen LogP contribution < -0.4 is 9.47 Å². The SMILES string of the molecule is CC(=O)OC[C@H]1O[C@@H](Oc2n[nH]c(C(C)C)c2Cc2ccc(OCCN=[N+]=[N-])cc2C)[C@H](OC(C)=O)[C@@H](OC(C)=O)[C@@H]1OC(C)=O. The van der Waals surface area contributed by atoms with Crippen LogP contribution in [0.25, 0.3) is 10.4 Å². The van der Waals surface area contributed by atoms with Gasteiger partial charge in [0.1, 0.15) is 18.5 Å². The second-order valence-electron chi connectivity index (χ2n) is 10.8. The molecule has 16 nitrogen and oxygen atoms in total. The van der Waals surface area contributed by atoms with Gasteiger partial charge in [-0.25, -0.2) is 0 Å². The minimum absolute atomic E-state index is 0.00107. The van der Waals surface area contributed by atoms with Crippen molar-refractivity contribution in [3.05, 3.63) is 51.0 Å². The van der Waals surface area contributed by atoms with Gasteiger partial charge in [0.25, 0.3) is 0 Å². The zero-order valence-corrected chi connectivity index (χ0v) is 26.8. The first-order valence-corrected chi connectivity index (χ1v) is 14.6. The number of hydrogen-bond donors (Lipinski definition) is 1. The molecule has 2 aromatic rings. The van der Waals surface area contributed by atoms with Crippen LogP contribution in [0.3, 0.4) is 0 Å². The van der Waals surface area contributed by atoms with Crippen molar-refractivity contribution in [2.45, 2.75) is 91.5 Å². The first-order valence-electron chi connectivity index (χ1n) is 14.6. The third-order valence-corrected chi connectivity index (χ3v) is 6.82. The molecule has 0 spiro atoms. The van der Waals surface area contributed by atoms with Gasteiger partial charge < -0.3 is 33.2 Å². The van der Waals surface area contributed by atoms with Gasteiger partial charge in [-0.3, -0.25) is 24.3 Å². The second kappa shape index (κ2) is 16.5. The highest BCUT2D eigenvalue weighted by Gasteiger charge is 2.53. The number of hydrogen-bond acceptors (Lipinski definition) is 13. The molecule has 0 aliphatic carbocycles. The predicted molar refractivity (Wildman–Crippen MR) is 159 cm³/mol. The van der Waals surface area contributed by atoms with E-state index in [-0.39, 0.29) is 24.9 Å². The van der Waals surface area contributed by atoms with Crippen LogP contribution in [0.1, 0.15) is 69.8 Å². The number of azide groups is 1. The molecule has 0 saturated carbocycles. The molecule has 1 aliphatic heterocycles. The average Bonchev–Trinajstić information content (AvgIpc) is 3.36. The second-order valence-corrected chi connectivity index (χ2v) is 10.8. The highest BCUT2D eigenvalue weighted by molar-refractivity contribution is 5.68. The number of aryl methyl sites for hydroxylation is 1. The molecule has 3 rings (SSSR count). The molecule has 1 N–H and O–H groups in total. The Balaban J connectivity index is 2.00. The lowest BCUT2D eigenvalue weighted by Crippen LogP contribution is -2.63. The largest absolute Gasteiger partial charge is 0.493 e. The van der Waals surface area contributed by atoms with Crippen molar-refractivity contribution in [3.8, 4) is 11.6 Å². The molecule has 0 bridgehead atoms. The number of nitrogens with zero attached hydrogens (tertiary/aromatic N) is 4. The van der Waals surface area contributed by atoms with Crippen LogP contribution in [0.15, 0.2) is 23.3 Å². The van der Waals surface area contributed by atoms with E-state index in [1.54, 1.807) is 6.07 Å². The highest BCUT2D eigenvalue weighted by atomic mass is 16.7. The third kappa shape index (κ3) is 9.84. The van der Waals surface area contributed by atoms with Crippen LogP contribution >= 0.6 is 0 Å². The molecule has 1 aromatic heterocycles. The van der Waals surface area contributed by atoms with Crippen molar-refractivity contribution in [1.82, 2.24) is 10.2 Å². The van der Waals surface area contributed by atoms with Crippen molar-refractivity contribution in [1.29, 1.82) is 0 Å². The lowest BCUT2D eigenvalue weighted by Gasteiger charge is -2.43. The maximum Gasteiger partial charge on any atom is 0.303 e. The number of rotatable bonds is 14. The topological polar surface area (TPSA) is 210 Å². The quantitative estimate of drug-likeness (QED) is 0.0780. The Morgan fingerprint density at radius 2 is 1.65 bits per heavy atom. The summed E-state index contributed by atoms with van der Waals surface area (Å²) < 4.78 is 39.6. The van der Waals surface area contributed by atoms with E-state index in [2.05, 4.69) is 20.2 Å². The smallest absolute Gasteiger partial charge is 0.303 e. The number of carbonyl (C=O) groups excluding carboxylic acids is 4. The van der Waals surface area contributed by atoms with E-state index in [0.717, 1.165) is 37.6 Å². The van der Waals surface area contributed by atoms with E-state index < -0.39 is 61.2 Å². The van der Waals surface area contributed by atoms with Gasteiger partial charge in [-0.05, 0) is 41.6 Å². The first kappa shape index (κ1) is 35.7. The summed E-state index contributed by atoms with van der Waals surface area (Å²) in [5.41, 5.74) is 11.8. The summed E-state index contributed by atoms with van der Waals surface area (Å²) in [4.78, 5) is 50.8. The van der Waals surface area contributed by atoms with E-state index in [1.807, 2.05) is 32.9 Å². The number of nitrogens with one attached hydrogen (secondary N) is 1. The third-order valence-electron chi connectivity index (χ3n) is 6.82. The van der Waals surface area contributed by atoms with E-state index in [9.17, 15) is 19.2 Å². The van der Waals surface area contributed by atoms with Gasteiger partial charge in [0.2, 0.25) is 18.3 Å². The maximum absolute atomic E-state index is 12.2. The van der Waals surface area contributed by atoms with Gasteiger partial charge in [0.15, 0.2) is 12.2 Å². The van der Waals surface area contributed by atoms with Crippen molar-refractivity contribution in [2.24, 2.45) is 5.11 Å². The molecule has 1 aromatic carbocycles. The van der Waals surface area contributed by atoms with Gasteiger partial charge in [0, 0.05) is 50.3 Å². The summed E-state index contributed by atoms with van der Waals surface area (Å²) in [6.45, 7) is 10.5. The summed E-state index contributed by atoms with van der Waals surface area (Å²) in [6, 6.07) is 5.56. The molecule has 250 valence electrons. The molecule has 16 heteroatoms. The minimum atomic E-state index is -1.43. The monoisotopic (exact) mass is 645 g/mol. The van der Waals surface area contributed by atoms with Gasteiger partial charge in [-0.15, -0.1) is 5.10 Å². The van der Waals surface area contributed by atoms with E-state index >= 15 is 0 Å². The number of aromatic amines is 1. The zero-order chi connectivity index (χ0) is 34.0. The molecule has 0 unspecified atom stereocenters. The van der Waals surface area contributed by atoms with Gasteiger partial charge >= 0.3 is 23.9 Å². The maximum atomic E-state index is 12.2. The van der Waals surface area contributed by atoms with E-state index in [4.69, 9.17) is 38.7 Å². The predicted octanol–water partition coefficient (Wildman–Crippen LogP) is 3.58. The molecule has 1 saturated heterocycles. The summed E-state index contributed by atoms with van der Waals surface area (Å²) in [5, 5.41) is 10.9. The Labute approximate surface area is 265 Å². The molecule has 5 atom stereocenters. The Kier molecular flexibility index (Phi) is 12.8. The van der Waals surface area contributed by atoms with Crippen LogP contribution in [-0.2, 0) is 49.3 Å². The van der Waals surface area contributed by atoms with Gasteiger partial charge in [-0.1, -0.05) is 25.0 Å². The average molecular weight is 646 g/mol. The van der Waals surface area contributed by atoms with Gasteiger partial charge in [-0.2, -0.15) is 0 Å². The fourth-order valence-electron chi connectivity index (χ4n) is 4.90. The van der Waals surface area contributed by atoms with E-state index in [0.29, 0.717) is 17.7 Å². The summed E-state index contributed by atoms with van der Waals surface area (Å²) in [7, 11) is 0. The van der Waals surface area contributed by atoms with Crippen LogP contribution in [0.4, 0.5) is 0 Å². The first-order chi connectivity index (χ1) is 21.8. The minimum Gasteiger partial charge on any atom is -0.493 e. The molecule has 1 fully saturated rings. The van der Waals surface area contributed by atoms with Crippen molar-refractivity contribution < 1.29 is 52.3 Å². The zero-order valence-electron chi connectivity index (χ0n) is 26.8. The standard InChI is InChI=1S/C30H39N5O11/c1-15(2)25-23(13-21-8-9-22(12-16(21)3)40-11-10-32-35-31)29(34-33-25)46-30-28(44-20(7)39)27(43-19(6)38)26(42-18(5)37)24(45-30)14-41-17(4)36/h8-9,12,15,24,26-28,30H,10-11,13-14H2,1-7H3,(H,33,34)/t24-,26-,27+,28-,30+/m1/s1. The molecule has 1 aliphatic rings. The molecule has 0 radical (unpaired) electrons. The van der Waals surface area contributed by atoms with Crippen molar-refractivity contribution in [3.63, 3.8) is 0 Å². The van der Waals surface area contributed by atoms with Gasteiger partial charge in [0.05, 0.1) is 13.2 Å². The molecule has 0 amide bonds. The number of esters is 4. The number of ether oxygens (including phenoxy) is 7. The lowest BCUT2D eigenvalue weighted by molar-refractivity contribution is -0.289. The molecular weight excluding hydrogens is 606 g/mol. The van der Waals surface area contributed by atoms with E-state index in [1.165, 1.54) is 6.92 Å². The fourth-order valence-corrected chi connectivity index (χ4v) is 4.90. The number of H-pyrrole nitrogens is 1. The Hall–Kier alpha value is -4.82. The summed E-state index contributed by atoms with van der Waals surface area (Å²) >= 11 is 0. The van der Waals surface area contributed by atoms with Crippen LogP contribution in [0.2, 0.25) is 0 Å². The Bertz CT molecular complexity index is 1450. The Morgan fingerprint density at radius 1 is 1.00 bits per heavy atom. The van der Waals surface area contributed by atoms with Crippen molar-refractivity contribution in [2.75, 3.05) is 19.8 Å². The Morgan fingerprint density at radius 3 is 2.24 bits per heavy atom. The molecule has 46 heavy (non-hydrogen) atoms. The normalized spacial score (nSPS) is 20.7.